The van der Waals surface area contributed by atoms with Gasteiger partial charge < -0.3 is 18.6 Å². The Bertz CT molecular complexity index is 3960. The second-order valence-electron chi connectivity index (χ2n) is 22.6. The second-order valence-corrected chi connectivity index (χ2v) is 22.6. The molecule has 0 bridgehead atoms. The Morgan fingerprint density at radius 3 is 1.08 bits per heavy atom. The number of aromatic nitrogens is 2. The molecule has 74 heavy (non-hydrogen) atoms. The topological polar surface area (TPSA) is 15.3 Å². The Labute approximate surface area is 433 Å². The van der Waals surface area contributed by atoms with E-state index in [2.05, 4.69) is 228 Å². The molecule has 9 aromatic carbocycles. The van der Waals surface area contributed by atoms with Gasteiger partial charge in [-0.05, 0) is 157 Å². The summed E-state index contributed by atoms with van der Waals surface area (Å²) in [5.74, 6) is 2.13. The van der Waals surface area contributed by atoms with Crippen molar-refractivity contribution in [2.75, 3.05) is 9.80 Å². The second kappa shape index (κ2) is 16.9. The molecule has 15 rings (SSSR count). The summed E-state index contributed by atoms with van der Waals surface area (Å²) in [5.41, 5.74) is 20.5. The van der Waals surface area contributed by atoms with Gasteiger partial charge in [0.2, 0.25) is 0 Å². The van der Waals surface area contributed by atoms with Gasteiger partial charge in [-0.25, -0.2) is 0 Å². The molecular formula is C70H62N4. The van der Waals surface area contributed by atoms with E-state index in [9.17, 15) is 0 Å². The highest BCUT2D eigenvalue weighted by atomic mass is 15.2. The van der Waals surface area contributed by atoms with Crippen LogP contribution in [0.4, 0.5) is 34.1 Å². The quantitative estimate of drug-likeness (QED) is 0.136. The van der Waals surface area contributed by atoms with Gasteiger partial charge >= 0.3 is 0 Å². The van der Waals surface area contributed by atoms with Crippen LogP contribution in [-0.2, 0) is 0 Å². The molecule has 2 aliphatic carbocycles. The Hall–Kier alpha value is -7.82. The maximum absolute atomic E-state index is 2.66. The highest BCUT2D eigenvalue weighted by Gasteiger charge is 2.30. The molecule has 362 valence electrons. The average Bonchev–Trinajstić information content (AvgIpc) is 4.33. The summed E-state index contributed by atoms with van der Waals surface area (Å²) < 4.78 is 5.33. The highest BCUT2D eigenvalue weighted by molar-refractivity contribution is 6.32. The van der Waals surface area contributed by atoms with Crippen LogP contribution in [0.5, 0.6) is 0 Å². The van der Waals surface area contributed by atoms with Crippen molar-refractivity contribution in [2.24, 2.45) is 0 Å². The molecule has 0 radical (unpaired) electrons. The van der Waals surface area contributed by atoms with E-state index >= 15 is 0 Å². The van der Waals surface area contributed by atoms with Crippen LogP contribution in [0.1, 0.15) is 125 Å². The van der Waals surface area contributed by atoms with Crippen molar-refractivity contribution in [3.8, 4) is 0 Å². The fraction of sp³-hybridized carbons (Fsp3) is 0.229. The maximum atomic E-state index is 2.66. The lowest BCUT2D eigenvalue weighted by Crippen LogP contribution is -2.10. The molecule has 2 aliphatic rings. The van der Waals surface area contributed by atoms with Gasteiger partial charge in [0.15, 0.2) is 0 Å². The van der Waals surface area contributed by atoms with Gasteiger partial charge in [-0.1, -0.05) is 150 Å². The van der Waals surface area contributed by atoms with E-state index in [4.69, 9.17) is 0 Å². The molecule has 0 amide bonds. The summed E-state index contributed by atoms with van der Waals surface area (Å²) in [6.07, 6.45) is 10.3. The van der Waals surface area contributed by atoms with Gasteiger partial charge in [-0.15, -0.1) is 0 Å². The summed E-state index contributed by atoms with van der Waals surface area (Å²) in [7, 11) is 0. The highest BCUT2D eigenvalue weighted by Crippen LogP contribution is 2.52. The minimum atomic E-state index is 0.460. The van der Waals surface area contributed by atoms with E-state index in [1.807, 2.05) is 0 Å². The van der Waals surface area contributed by atoms with Crippen LogP contribution in [0, 0.1) is 0 Å². The van der Waals surface area contributed by atoms with E-state index in [-0.39, 0.29) is 0 Å². The Morgan fingerprint density at radius 1 is 0.351 bits per heavy atom. The minimum absolute atomic E-state index is 0.460. The summed E-state index contributed by atoms with van der Waals surface area (Å²) in [4.78, 5) is 4.99. The smallest absolute Gasteiger partial charge is 0.0641 e. The van der Waals surface area contributed by atoms with Crippen LogP contribution in [0.25, 0.3) is 76.2 Å². The van der Waals surface area contributed by atoms with Crippen molar-refractivity contribution in [1.29, 1.82) is 0 Å². The first-order chi connectivity index (χ1) is 36.4. The van der Waals surface area contributed by atoms with E-state index in [0.717, 1.165) is 11.4 Å². The zero-order valence-electron chi connectivity index (χ0n) is 43.1. The first-order valence-corrected chi connectivity index (χ1v) is 27.7. The van der Waals surface area contributed by atoms with E-state index in [1.54, 1.807) is 0 Å². The van der Waals surface area contributed by atoms with Crippen LogP contribution in [-0.4, -0.2) is 8.80 Å². The summed E-state index contributed by atoms with van der Waals surface area (Å²) in [6, 6.07) is 70.4. The fourth-order valence-corrected chi connectivity index (χ4v) is 14.0. The fourth-order valence-electron chi connectivity index (χ4n) is 14.0. The Morgan fingerprint density at radius 2 is 0.703 bits per heavy atom. The van der Waals surface area contributed by atoms with Crippen molar-refractivity contribution >= 4 is 110 Å². The third-order valence-electron chi connectivity index (χ3n) is 17.8. The molecule has 0 spiro atoms. The minimum Gasteiger partial charge on any atom is -0.310 e. The van der Waals surface area contributed by atoms with Crippen molar-refractivity contribution in [2.45, 2.75) is 103 Å². The summed E-state index contributed by atoms with van der Waals surface area (Å²) in [5, 5.41) is 10.5. The predicted molar refractivity (Wildman–Crippen MR) is 316 cm³/mol. The zero-order chi connectivity index (χ0) is 49.3. The van der Waals surface area contributed by atoms with Crippen LogP contribution >= 0.6 is 0 Å². The molecule has 4 nitrogen and oxygen atoms in total. The van der Waals surface area contributed by atoms with E-state index < -0.39 is 0 Å². The standard InChI is InChI=1S/C70H62N4/c1-43(2)45-23-29-53(30-24-45)71(51-19-7-5-8-20-51)61-37-35-55-59-41-66-60(42-65(59)73-63-39-49(47-15-11-12-16-47)27-33-57(63)67(61)69(55)73)56-36-38-62(72(52-21-9-6-10-22-52)54-31-25-46(26-32-54)44(3)4)68-58-34-28-50(48-17-13-14-18-48)40-64(58)74(66)70(56)68/h5-10,19-44,47-48H,11-18H2,1-4H3. The summed E-state index contributed by atoms with van der Waals surface area (Å²) in [6.45, 7) is 9.12. The number of para-hydroxylation sites is 2. The zero-order valence-corrected chi connectivity index (χ0v) is 43.1. The Balaban J connectivity index is 1.04. The van der Waals surface area contributed by atoms with Gasteiger partial charge in [0, 0.05) is 65.8 Å². The molecule has 4 heterocycles. The molecule has 13 aromatic rings. The normalized spacial score (nSPS) is 15.0. The van der Waals surface area contributed by atoms with Crippen LogP contribution < -0.4 is 9.80 Å². The van der Waals surface area contributed by atoms with Gasteiger partial charge in [0.1, 0.15) is 0 Å². The van der Waals surface area contributed by atoms with E-state index in [0.29, 0.717) is 23.7 Å². The van der Waals surface area contributed by atoms with E-state index in [1.165, 1.54) is 173 Å². The average molecular weight is 959 g/mol. The number of hydrogen-bond donors (Lipinski definition) is 0. The molecule has 4 heteroatoms. The lowest BCUT2D eigenvalue weighted by molar-refractivity contribution is 0.724. The molecular weight excluding hydrogens is 897 g/mol. The van der Waals surface area contributed by atoms with Crippen molar-refractivity contribution in [3.63, 3.8) is 0 Å². The summed E-state index contributed by atoms with van der Waals surface area (Å²) >= 11 is 0. The molecule has 0 atom stereocenters. The van der Waals surface area contributed by atoms with Crippen molar-refractivity contribution in [3.05, 3.63) is 204 Å². The number of nitrogens with zero attached hydrogens (tertiary/aromatic N) is 4. The Kier molecular flexibility index (Phi) is 9.97. The van der Waals surface area contributed by atoms with Gasteiger partial charge in [0.25, 0.3) is 0 Å². The monoisotopic (exact) mass is 958 g/mol. The van der Waals surface area contributed by atoms with Crippen molar-refractivity contribution in [1.82, 2.24) is 8.80 Å². The molecule has 0 N–H and O–H groups in total. The molecule has 2 fully saturated rings. The van der Waals surface area contributed by atoms with Gasteiger partial charge in [0.05, 0.1) is 44.5 Å². The molecule has 2 saturated carbocycles. The number of fused-ring (bicyclic) bond motifs is 12. The lowest BCUT2D eigenvalue weighted by Gasteiger charge is -2.27. The third kappa shape index (κ3) is 6.52. The predicted octanol–water partition coefficient (Wildman–Crippen LogP) is 20.5. The van der Waals surface area contributed by atoms with Crippen LogP contribution in [0.2, 0.25) is 0 Å². The molecule has 0 unspecified atom stereocenters. The van der Waals surface area contributed by atoms with Crippen molar-refractivity contribution < 1.29 is 0 Å². The largest absolute Gasteiger partial charge is 0.310 e. The number of benzene rings is 9. The molecule has 0 aliphatic heterocycles. The first kappa shape index (κ1) is 43.7. The molecule has 0 saturated heterocycles. The first-order valence-electron chi connectivity index (χ1n) is 27.7. The number of rotatable bonds is 10. The SMILES string of the molecule is CC(C)c1ccc(N(c2ccccc2)c2ccc3c4cc5c(cc4n4c6cc(C7CCCC7)ccc6c2c34)c2ccc(N(c3ccccc3)c3ccc(C(C)C)cc3)c3c4ccc(C6CCCC6)cc4n5c23)cc1. The van der Waals surface area contributed by atoms with Crippen LogP contribution in [0.3, 0.4) is 0 Å². The number of anilines is 6. The van der Waals surface area contributed by atoms with Gasteiger partial charge in [-0.3, -0.25) is 0 Å². The number of hydrogen-bond acceptors (Lipinski definition) is 2. The van der Waals surface area contributed by atoms with Crippen LogP contribution in [0.15, 0.2) is 182 Å². The molecule has 4 aromatic heterocycles. The van der Waals surface area contributed by atoms with Gasteiger partial charge in [-0.2, -0.15) is 0 Å². The maximum Gasteiger partial charge on any atom is 0.0641 e. The lowest BCUT2D eigenvalue weighted by atomic mass is 9.95. The third-order valence-corrected chi connectivity index (χ3v) is 17.8.